The minimum Gasteiger partial charge on any atom is -0.350 e. The fourth-order valence-corrected chi connectivity index (χ4v) is 1.77. The third kappa shape index (κ3) is 7.16. The summed E-state index contributed by atoms with van der Waals surface area (Å²) in [6.45, 7) is 10.2. The van der Waals surface area contributed by atoms with Crippen LogP contribution in [0.15, 0.2) is 12.2 Å². The van der Waals surface area contributed by atoms with Crippen LogP contribution in [-0.4, -0.2) is 18.0 Å². The first kappa shape index (κ1) is 16.2. The van der Waals surface area contributed by atoms with E-state index >= 15 is 0 Å². The van der Waals surface area contributed by atoms with Crippen molar-refractivity contribution in [1.29, 1.82) is 0 Å². The summed E-state index contributed by atoms with van der Waals surface area (Å²) >= 11 is 0. The minimum absolute atomic E-state index is 0.0900. The summed E-state index contributed by atoms with van der Waals surface area (Å²) in [6.07, 6.45) is 6.45. The highest BCUT2D eigenvalue weighted by Gasteiger charge is 2.24. The molecule has 3 nitrogen and oxygen atoms in total. The van der Waals surface area contributed by atoms with Crippen LogP contribution in [0, 0.1) is 0 Å². The second-order valence-electron chi connectivity index (χ2n) is 5.03. The van der Waals surface area contributed by atoms with Crippen molar-refractivity contribution in [3.8, 4) is 0 Å². The predicted molar refractivity (Wildman–Crippen MR) is 73.8 cm³/mol. The average Bonchev–Trinajstić information content (AvgIpc) is 2.31. The Hall–Kier alpha value is -0.830. The van der Waals surface area contributed by atoms with Crippen LogP contribution in [-0.2, 0) is 4.79 Å². The van der Waals surface area contributed by atoms with Gasteiger partial charge in [0.25, 0.3) is 0 Å². The summed E-state index contributed by atoms with van der Waals surface area (Å²) in [5.41, 5.74) is 6.66. The van der Waals surface area contributed by atoms with Gasteiger partial charge in [0.15, 0.2) is 0 Å². The SMILES string of the molecule is C=C(C)C(=O)NCC(N)(CCCC)CCCC. The zero-order valence-electron chi connectivity index (χ0n) is 11.6. The molecule has 1 amide bonds. The molecule has 0 saturated carbocycles. The van der Waals surface area contributed by atoms with Crippen LogP contribution >= 0.6 is 0 Å². The van der Waals surface area contributed by atoms with Crippen LogP contribution in [0.1, 0.15) is 59.3 Å². The molecule has 0 aromatic carbocycles. The van der Waals surface area contributed by atoms with Crippen LogP contribution in [0.4, 0.5) is 0 Å². The molecule has 0 fully saturated rings. The normalized spacial score (nSPS) is 11.3. The van der Waals surface area contributed by atoms with E-state index in [1.54, 1.807) is 6.92 Å². The molecular weight excluding hydrogens is 212 g/mol. The second-order valence-corrected chi connectivity index (χ2v) is 5.03. The van der Waals surface area contributed by atoms with Gasteiger partial charge in [-0.2, -0.15) is 0 Å². The molecule has 0 aromatic rings. The molecule has 0 aliphatic rings. The van der Waals surface area contributed by atoms with Crippen molar-refractivity contribution in [2.75, 3.05) is 6.54 Å². The van der Waals surface area contributed by atoms with E-state index in [4.69, 9.17) is 5.73 Å². The van der Waals surface area contributed by atoms with E-state index in [-0.39, 0.29) is 11.4 Å². The van der Waals surface area contributed by atoms with E-state index < -0.39 is 0 Å². The molecule has 0 spiro atoms. The van der Waals surface area contributed by atoms with Crippen molar-refractivity contribution in [3.05, 3.63) is 12.2 Å². The largest absolute Gasteiger partial charge is 0.350 e. The van der Waals surface area contributed by atoms with Crippen LogP contribution < -0.4 is 11.1 Å². The van der Waals surface area contributed by atoms with Gasteiger partial charge >= 0.3 is 0 Å². The van der Waals surface area contributed by atoms with E-state index in [2.05, 4.69) is 25.7 Å². The number of nitrogens with one attached hydrogen (secondary N) is 1. The van der Waals surface area contributed by atoms with Crippen molar-refractivity contribution >= 4 is 5.91 Å². The van der Waals surface area contributed by atoms with E-state index in [1.165, 1.54) is 0 Å². The summed E-state index contributed by atoms with van der Waals surface area (Å²) in [4.78, 5) is 11.5. The van der Waals surface area contributed by atoms with Gasteiger partial charge in [-0.05, 0) is 19.8 Å². The molecule has 0 bridgehead atoms. The maximum absolute atomic E-state index is 11.5. The number of hydrogen-bond acceptors (Lipinski definition) is 2. The molecule has 0 aliphatic carbocycles. The molecule has 0 aliphatic heterocycles. The number of carbonyl (C=O) groups is 1. The Morgan fingerprint density at radius 2 is 1.71 bits per heavy atom. The number of hydrogen-bond donors (Lipinski definition) is 2. The quantitative estimate of drug-likeness (QED) is 0.609. The van der Waals surface area contributed by atoms with Gasteiger partial charge < -0.3 is 11.1 Å². The lowest BCUT2D eigenvalue weighted by Gasteiger charge is -2.30. The van der Waals surface area contributed by atoms with Gasteiger partial charge in [-0.3, -0.25) is 4.79 Å². The fourth-order valence-electron chi connectivity index (χ4n) is 1.77. The standard InChI is InChI=1S/C14H28N2O/c1-5-7-9-14(15,10-8-6-2)11-16-13(17)12(3)4/h3,5-11,15H2,1-2,4H3,(H,16,17). The number of nitrogens with two attached hydrogens (primary N) is 1. The van der Waals surface area contributed by atoms with E-state index in [0.717, 1.165) is 38.5 Å². The molecule has 3 heteroatoms. The molecule has 3 N–H and O–H groups in total. The van der Waals surface area contributed by atoms with Gasteiger partial charge in [-0.25, -0.2) is 0 Å². The second kappa shape index (κ2) is 8.29. The Kier molecular flexibility index (Phi) is 7.88. The molecule has 0 unspecified atom stereocenters. The Labute approximate surface area is 106 Å². The number of amides is 1. The maximum atomic E-state index is 11.5. The summed E-state index contributed by atoms with van der Waals surface area (Å²) in [7, 11) is 0. The highest BCUT2D eigenvalue weighted by atomic mass is 16.1. The summed E-state index contributed by atoms with van der Waals surface area (Å²) < 4.78 is 0. The van der Waals surface area contributed by atoms with Gasteiger partial charge in [-0.1, -0.05) is 46.1 Å². The third-order valence-corrected chi connectivity index (χ3v) is 3.05. The summed E-state index contributed by atoms with van der Waals surface area (Å²) in [5.74, 6) is -0.0900. The Morgan fingerprint density at radius 3 is 2.06 bits per heavy atom. The molecule has 0 saturated heterocycles. The third-order valence-electron chi connectivity index (χ3n) is 3.05. The zero-order valence-corrected chi connectivity index (χ0v) is 11.6. The Bertz CT molecular complexity index is 241. The molecule has 0 atom stereocenters. The summed E-state index contributed by atoms with van der Waals surface area (Å²) in [6, 6.07) is 0. The molecule has 0 aromatic heterocycles. The van der Waals surface area contributed by atoms with Gasteiger partial charge in [0.05, 0.1) is 0 Å². The van der Waals surface area contributed by atoms with Crippen LogP contribution in [0.25, 0.3) is 0 Å². The van der Waals surface area contributed by atoms with Gasteiger partial charge in [0.1, 0.15) is 0 Å². The van der Waals surface area contributed by atoms with Crippen molar-refractivity contribution in [2.24, 2.45) is 5.73 Å². The first-order valence-corrected chi connectivity index (χ1v) is 6.67. The zero-order chi connectivity index (χ0) is 13.3. The van der Waals surface area contributed by atoms with Crippen molar-refractivity contribution < 1.29 is 4.79 Å². The van der Waals surface area contributed by atoms with Gasteiger partial charge in [0.2, 0.25) is 5.91 Å². The van der Waals surface area contributed by atoms with E-state index in [1.807, 2.05) is 0 Å². The molecule has 0 radical (unpaired) electrons. The number of rotatable bonds is 9. The lowest BCUT2D eigenvalue weighted by molar-refractivity contribution is -0.117. The maximum Gasteiger partial charge on any atom is 0.246 e. The molecule has 17 heavy (non-hydrogen) atoms. The molecule has 0 rings (SSSR count). The number of unbranched alkanes of at least 4 members (excludes halogenated alkanes) is 2. The lowest BCUT2D eigenvalue weighted by Crippen LogP contribution is -2.50. The fraction of sp³-hybridized carbons (Fsp3) is 0.786. The van der Waals surface area contributed by atoms with Gasteiger partial charge in [0, 0.05) is 17.7 Å². The Morgan fingerprint density at radius 1 is 1.24 bits per heavy atom. The highest BCUT2D eigenvalue weighted by Crippen LogP contribution is 2.18. The van der Waals surface area contributed by atoms with Gasteiger partial charge in [-0.15, -0.1) is 0 Å². The first-order valence-electron chi connectivity index (χ1n) is 6.67. The smallest absolute Gasteiger partial charge is 0.246 e. The van der Waals surface area contributed by atoms with Crippen LogP contribution in [0.2, 0.25) is 0 Å². The minimum atomic E-state index is -0.253. The first-order chi connectivity index (χ1) is 7.95. The lowest BCUT2D eigenvalue weighted by atomic mass is 9.88. The van der Waals surface area contributed by atoms with E-state index in [9.17, 15) is 4.79 Å². The highest BCUT2D eigenvalue weighted by molar-refractivity contribution is 5.92. The van der Waals surface area contributed by atoms with Crippen molar-refractivity contribution in [1.82, 2.24) is 5.32 Å². The van der Waals surface area contributed by atoms with Crippen LogP contribution in [0.3, 0.4) is 0 Å². The average molecular weight is 240 g/mol. The topological polar surface area (TPSA) is 55.1 Å². The molecule has 0 heterocycles. The predicted octanol–water partition coefficient (Wildman–Crippen LogP) is 2.76. The monoisotopic (exact) mass is 240 g/mol. The number of carbonyl (C=O) groups excluding carboxylic acids is 1. The van der Waals surface area contributed by atoms with Crippen molar-refractivity contribution in [2.45, 2.75) is 64.8 Å². The van der Waals surface area contributed by atoms with E-state index in [0.29, 0.717) is 12.1 Å². The Balaban J connectivity index is 4.26. The molecular formula is C14H28N2O. The van der Waals surface area contributed by atoms with Crippen LogP contribution in [0.5, 0.6) is 0 Å². The summed E-state index contributed by atoms with van der Waals surface area (Å²) in [5, 5.41) is 2.88. The molecule has 100 valence electrons. The van der Waals surface area contributed by atoms with Crippen molar-refractivity contribution in [3.63, 3.8) is 0 Å².